The number of quaternary nitrogens is 1. The Morgan fingerprint density at radius 2 is 1.76 bits per heavy atom. The molecular weight excluding hydrogens is 262 g/mol. The van der Waals surface area contributed by atoms with Crippen LogP contribution in [0.3, 0.4) is 0 Å². The van der Waals surface area contributed by atoms with Crippen LogP contribution in [0.2, 0.25) is 0 Å². The lowest BCUT2D eigenvalue weighted by molar-refractivity contribution is -0.667. The summed E-state index contributed by atoms with van der Waals surface area (Å²) in [5.41, 5.74) is 2.54. The molecule has 0 aliphatic carbocycles. The lowest BCUT2D eigenvalue weighted by Crippen LogP contribution is -2.81. The molecule has 112 valence electrons. The Bertz CT molecular complexity index is 540. The molecule has 0 amide bonds. The predicted octanol–water partition coefficient (Wildman–Crippen LogP) is 2.40. The second-order valence-corrected chi connectivity index (χ2v) is 4.97. The first kappa shape index (κ1) is 15.4. The summed E-state index contributed by atoms with van der Waals surface area (Å²) < 4.78 is 11.3. The highest BCUT2D eigenvalue weighted by molar-refractivity contribution is 5.42. The number of ether oxygens (including phenoxy) is 2. The van der Waals surface area contributed by atoms with Crippen LogP contribution in [0.5, 0.6) is 11.5 Å². The van der Waals surface area contributed by atoms with Crippen molar-refractivity contribution in [3.63, 3.8) is 0 Å². The van der Waals surface area contributed by atoms with Gasteiger partial charge in [-0.15, -0.1) is 0 Å². The minimum Gasteiger partial charge on any atom is -0.493 e. The van der Waals surface area contributed by atoms with E-state index in [0.29, 0.717) is 6.61 Å². The van der Waals surface area contributed by atoms with Crippen LogP contribution in [0.4, 0.5) is 0 Å². The number of benzene rings is 2. The van der Waals surface area contributed by atoms with Gasteiger partial charge < -0.3 is 14.8 Å². The van der Waals surface area contributed by atoms with Crippen molar-refractivity contribution in [2.45, 2.75) is 19.9 Å². The van der Waals surface area contributed by atoms with Crippen LogP contribution < -0.4 is 14.8 Å². The minimum absolute atomic E-state index is 0.654. The van der Waals surface area contributed by atoms with Crippen LogP contribution in [0.25, 0.3) is 0 Å². The van der Waals surface area contributed by atoms with Gasteiger partial charge in [0, 0.05) is 12.0 Å². The van der Waals surface area contributed by atoms with Gasteiger partial charge in [-0.25, -0.2) is 0 Å². The molecule has 3 nitrogen and oxygen atoms in total. The zero-order valence-electron chi connectivity index (χ0n) is 12.8. The highest BCUT2D eigenvalue weighted by atomic mass is 16.5. The van der Waals surface area contributed by atoms with Crippen LogP contribution in [0.1, 0.15) is 18.1 Å². The van der Waals surface area contributed by atoms with Gasteiger partial charge in [-0.2, -0.15) is 0 Å². The summed E-state index contributed by atoms with van der Waals surface area (Å²) in [6, 6.07) is 16.5. The number of methoxy groups -OCH3 is 1. The Hall–Kier alpha value is -2.00. The number of hydrogen-bond donors (Lipinski definition) is 1. The topological polar surface area (TPSA) is 35.1 Å². The fraction of sp³-hybridized carbons (Fsp3) is 0.333. The average Bonchev–Trinajstić information content (AvgIpc) is 2.54. The largest absolute Gasteiger partial charge is 0.493 e. The van der Waals surface area contributed by atoms with Crippen LogP contribution in [-0.2, 0) is 13.0 Å². The van der Waals surface area contributed by atoms with Crippen LogP contribution in [-0.4, -0.2) is 20.3 Å². The van der Waals surface area contributed by atoms with Gasteiger partial charge in [0.25, 0.3) is 0 Å². The predicted molar refractivity (Wildman–Crippen MR) is 84.8 cm³/mol. The van der Waals surface area contributed by atoms with Gasteiger partial charge in [0.15, 0.2) is 11.5 Å². The summed E-state index contributed by atoms with van der Waals surface area (Å²) in [6.07, 6.45) is 0.898. The Morgan fingerprint density at radius 1 is 0.952 bits per heavy atom. The SMILES string of the molecule is CC[NH2+]Cc1ccc(OCCc2ccccc2)c(OC)c1. The molecule has 2 aromatic rings. The lowest BCUT2D eigenvalue weighted by atomic mass is 10.1. The third-order valence-corrected chi connectivity index (χ3v) is 3.39. The molecule has 2 aromatic carbocycles. The van der Waals surface area contributed by atoms with Crippen molar-refractivity contribution in [3.05, 3.63) is 59.7 Å². The van der Waals surface area contributed by atoms with Gasteiger partial charge in [0.1, 0.15) is 6.54 Å². The molecule has 0 heterocycles. The molecule has 0 unspecified atom stereocenters. The van der Waals surface area contributed by atoms with Crippen molar-refractivity contribution in [2.75, 3.05) is 20.3 Å². The first-order chi connectivity index (χ1) is 10.3. The normalized spacial score (nSPS) is 10.4. The summed E-state index contributed by atoms with van der Waals surface area (Å²) in [5.74, 6) is 1.62. The molecule has 0 aromatic heterocycles. The van der Waals surface area contributed by atoms with Gasteiger partial charge in [-0.05, 0) is 30.7 Å². The fourth-order valence-electron chi connectivity index (χ4n) is 2.19. The second-order valence-electron chi connectivity index (χ2n) is 4.97. The van der Waals surface area contributed by atoms with Gasteiger partial charge >= 0.3 is 0 Å². The van der Waals surface area contributed by atoms with E-state index in [-0.39, 0.29) is 0 Å². The van der Waals surface area contributed by atoms with Crippen LogP contribution in [0.15, 0.2) is 48.5 Å². The van der Waals surface area contributed by atoms with E-state index in [9.17, 15) is 0 Å². The zero-order chi connectivity index (χ0) is 14.9. The molecule has 0 radical (unpaired) electrons. The van der Waals surface area contributed by atoms with Crippen molar-refractivity contribution in [1.29, 1.82) is 0 Å². The van der Waals surface area contributed by atoms with Crippen molar-refractivity contribution in [2.24, 2.45) is 0 Å². The second kappa shape index (κ2) is 8.32. The summed E-state index contributed by atoms with van der Waals surface area (Å²) in [6.45, 7) is 4.86. The number of nitrogens with two attached hydrogens (primary N) is 1. The van der Waals surface area contributed by atoms with Crippen LogP contribution >= 0.6 is 0 Å². The molecule has 0 aliphatic rings. The summed E-state index contributed by atoms with van der Waals surface area (Å²) in [4.78, 5) is 0. The lowest BCUT2D eigenvalue weighted by Gasteiger charge is -2.12. The minimum atomic E-state index is 0.654. The standard InChI is InChI=1S/C18H23NO2/c1-3-19-14-16-9-10-17(18(13-16)20-2)21-12-11-15-7-5-4-6-8-15/h4-10,13,19H,3,11-12,14H2,1-2H3/p+1. The summed E-state index contributed by atoms with van der Waals surface area (Å²) >= 11 is 0. The monoisotopic (exact) mass is 286 g/mol. The first-order valence-corrected chi connectivity index (χ1v) is 7.48. The Balaban J connectivity index is 1.93. The van der Waals surface area contributed by atoms with Crippen molar-refractivity contribution >= 4 is 0 Å². The maximum Gasteiger partial charge on any atom is 0.161 e. The van der Waals surface area contributed by atoms with Gasteiger partial charge in [-0.3, -0.25) is 0 Å². The fourth-order valence-corrected chi connectivity index (χ4v) is 2.19. The zero-order valence-corrected chi connectivity index (χ0v) is 12.8. The molecule has 0 saturated carbocycles. The molecule has 0 aliphatic heterocycles. The maximum absolute atomic E-state index is 5.86. The summed E-state index contributed by atoms with van der Waals surface area (Å²) in [7, 11) is 1.69. The van der Waals surface area contributed by atoms with Gasteiger partial charge in [-0.1, -0.05) is 30.3 Å². The van der Waals surface area contributed by atoms with E-state index in [2.05, 4.69) is 48.6 Å². The Morgan fingerprint density at radius 3 is 2.48 bits per heavy atom. The Labute approximate surface area is 126 Å². The highest BCUT2D eigenvalue weighted by Gasteiger charge is 2.06. The number of hydrogen-bond acceptors (Lipinski definition) is 2. The molecule has 3 heteroatoms. The molecular formula is C18H24NO2+. The van der Waals surface area contributed by atoms with E-state index in [4.69, 9.17) is 9.47 Å². The van der Waals surface area contributed by atoms with Crippen LogP contribution in [0, 0.1) is 0 Å². The van der Waals surface area contributed by atoms with E-state index < -0.39 is 0 Å². The molecule has 0 fully saturated rings. The van der Waals surface area contributed by atoms with Crippen molar-refractivity contribution in [3.8, 4) is 11.5 Å². The van der Waals surface area contributed by atoms with Gasteiger partial charge in [0.2, 0.25) is 0 Å². The quantitative estimate of drug-likeness (QED) is 0.809. The third kappa shape index (κ3) is 4.80. The van der Waals surface area contributed by atoms with E-state index in [0.717, 1.165) is 31.0 Å². The van der Waals surface area contributed by atoms with Crippen molar-refractivity contribution in [1.82, 2.24) is 0 Å². The van der Waals surface area contributed by atoms with E-state index in [1.165, 1.54) is 11.1 Å². The average molecular weight is 286 g/mol. The molecule has 2 N–H and O–H groups in total. The molecule has 0 saturated heterocycles. The summed E-state index contributed by atoms with van der Waals surface area (Å²) in [5, 5.41) is 2.25. The molecule has 21 heavy (non-hydrogen) atoms. The molecule has 0 spiro atoms. The first-order valence-electron chi connectivity index (χ1n) is 7.48. The molecule has 0 bridgehead atoms. The van der Waals surface area contributed by atoms with E-state index >= 15 is 0 Å². The van der Waals surface area contributed by atoms with E-state index in [1.54, 1.807) is 7.11 Å². The third-order valence-electron chi connectivity index (χ3n) is 3.39. The maximum atomic E-state index is 5.86. The van der Waals surface area contributed by atoms with Crippen molar-refractivity contribution < 1.29 is 14.8 Å². The van der Waals surface area contributed by atoms with E-state index in [1.807, 2.05) is 12.1 Å². The molecule has 2 rings (SSSR count). The van der Waals surface area contributed by atoms with Gasteiger partial charge in [0.05, 0.1) is 20.3 Å². The smallest absolute Gasteiger partial charge is 0.161 e. The highest BCUT2D eigenvalue weighted by Crippen LogP contribution is 2.27. The Kier molecular flexibility index (Phi) is 6.10. The number of rotatable bonds is 8. The molecule has 0 atom stereocenters.